The van der Waals surface area contributed by atoms with Gasteiger partial charge in [-0.2, -0.15) is 0 Å². The van der Waals surface area contributed by atoms with E-state index in [9.17, 15) is 29.3 Å². The summed E-state index contributed by atoms with van der Waals surface area (Å²) in [6.07, 6.45) is 40.5. The zero-order valence-electron chi connectivity index (χ0n) is 32.0. The smallest absolute Gasteiger partial charge is 0.457 e. The van der Waals surface area contributed by atoms with E-state index in [1.54, 1.807) is 6.08 Å². The van der Waals surface area contributed by atoms with Gasteiger partial charge in [-0.05, 0) is 64.2 Å². The van der Waals surface area contributed by atoms with Gasteiger partial charge in [0.2, 0.25) is 0 Å². The molecule has 0 spiro atoms. The van der Waals surface area contributed by atoms with Gasteiger partial charge in [-0.15, -0.1) is 0 Å². The van der Waals surface area contributed by atoms with Gasteiger partial charge in [-0.3, -0.25) is 18.6 Å². The monoisotopic (exact) mass is 752 g/mol. The summed E-state index contributed by atoms with van der Waals surface area (Å²) < 4.78 is 32.3. The van der Waals surface area contributed by atoms with Crippen LogP contribution in [0.2, 0.25) is 0 Å². The summed E-state index contributed by atoms with van der Waals surface area (Å²) in [5.41, 5.74) is 0. The lowest BCUT2D eigenvalue weighted by Crippen LogP contribution is -2.28. The van der Waals surface area contributed by atoms with E-state index in [1.807, 2.05) is 18.2 Å². The van der Waals surface area contributed by atoms with E-state index in [2.05, 4.69) is 62.5 Å². The molecule has 0 heterocycles. The Bertz CT molecular complexity index is 1100. The number of unbranched alkanes of at least 4 members (excludes halogenated alkanes) is 10. The number of carbonyl (C=O) groups is 2. The number of allylic oxidation sites excluding steroid dienone is 11. The average Bonchev–Trinajstić information content (AvgIpc) is 3.13. The van der Waals surface area contributed by atoms with E-state index in [0.717, 1.165) is 64.2 Å². The maximum absolute atomic E-state index is 12.3. The minimum atomic E-state index is -4.66. The van der Waals surface area contributed by atoms with Crippen LogP contribution in [0.15, 0.2) is 72.9 Å². The van der Waals surface area contributed by atoms with Gasteiger partial charge in [0, 0.05) is 6.42 Å². The van der Waals surface area contributed by atoms with Crippen LogP contribution in [0.4, 0.5) is 0 Å². The Morgan fingerprint density at radius 3 is 1.46 bits per heavy atom. The van der Waals surface area contributed by atoms with Crippen molar-refractivity contribution in [2.75, 3.05) is 26.4 Å². The zero-order chi connectivity index (χ0) is 38.4. The van der Waals surface area contributed by atoms with E-state index >= 15 is 0 Å². The second-order valence-electron chi connectivity index (χ2n) is 12.5. The number of ether oxygens (including phenoxy) is 2. The molecule has 0 saturated heterocycles. The highest BCUT2D eigenvalue weighted by Crippen LogP contribution is 2.43. The molecule has 0 aromatic rings. The summed E-state index contributed by atoms with van der Waals surface area (Å²) in [6.45, 7) is 1.93. The zero-order valence-corrected chi connectivity index (χ0v) is 32.9. The van der Waals surface area contributed by atoms with Gasteiger partial charge in [0.1, 0.15) is 12.2 Å². The molecule has 0 amide bonds. The van der Waals surface area contributed by atoms with Gasteiger partial charge < -0.3 is 24.6 Å². The lowest BCUT2D eigenvalue weighted by molar-refractivity contribution is -0.153. The molecule has 0 aliphatic heterocycles. The fourth-order valence-corrected chi connectivity index (χ4v) is 5.50. The van der Waals surface area contributed by atoms with Crippen molar-refractivity contribution in [3.8, 4) is 0 Å². The van der Waals surface area contributed by atoms with Gasteiger partial charge in [-0.1, -0.05) is 132 Å². The van der Waals surface area contributed by atoms with E-state index in [0.29, 0.717) is 12.8 Å². The molecule has 0 aromatic carbocycles. The molecule has 298 valence electrons. The molecule has 0 aromatic heterocycles. The third-order valence-corrected chi connectivity index (χ3v) is 8.64. The topological polar surface area (TPSA) is 149 Å². The number of aliphatic hydroxyl groups excluding tert-OH is 2. The molecule has 0 aliphatic carbocycles. The molecular formula is C41H69O10P. The number of esters is 2. The van der Waals surface area contributed by atoms with Gasteiger partial charge in [0.25, 0.3) is 0 Å². The highest BCUT2D eigenvalue weighted by Gasteiger charge is 2.27. The third-order valence-electron chi connectivity index (χ3n) is 7.69. The van der Waals surface area contributed by atoms with Crippen molar-refractivity contribution in [2.24, 2.45) is 0 Å². The van der Waals surface area contributed by atoms with Gasteiger partial charge in [0.05, 0.1) is 32.8 Å². The Morgan fingerprint density at radius 1 is 0.558 bits per heavy atom. The normalized spacial score (nSPS) is 14.8. The fourth-order valence-electron chi connectivity index (χ4n) is 4.71. The summed E-state index contributed by atoms with van der Waals surface area (Å²) in [5, 5.41) is 19.1. The summed E-state index contributed by atoms with van der Waals surface area (Å²) in [5.74, 6) is -1.17. The van der Waals surface area contributed by atoms with Crippen molar-refractivity contribution >= 4 is 19.8 Å². The first-order valence-corrected chi connectivity index (χ1v) is 20.9. The average molecular weight is 753 g/mol. The molecule has 0 bridgehead atoms. The standard InChI is InChI=1S/C41H69O10P/c1-3-5-7-9-11-13-15-17-19-21-23-25-27-29-31-33-41(45)51-39(35-43)37-49-52(46,47)48-36-38(34-42)50-40(44)32-30-28-26-24-22-20-18-16-14-12-10-8-6-4-2/h5,7,11,13,16-19,23,25,29,31,38-39,42-43H,3-4,6,8-10,12,14-15,20-22,24,26-28,30,32-37H2,1-2H3,(H,46,47)/b7-5-,13-11-,18-16-,19-17-,25-23-,31-29-. The molecule has 0 fully saturated rings. The Hall–Kier alpha value is -2.59. The van der Waals surface area contributed by atoms with Crippen molar-refractivity contribution in [2.45, 2.75) is 148 Å². The molecule has 0 rings (SSSR count). The van der Waals surface area contributed by atoms with Gasteiger partial charge >= 0.3 is 19.8 Å². The quantitative estimate of drug-likeness (QED) is 0.0247. The highest BCUT2D eigenvalue weighted by molar-refractivity contribution is 7.47. The predicted molar refractivity (Wildman–Crippen MR) is 210 cm³/mol. The molecule has 3 atom stereocenters. The van der Waals surface area contributed by atoms with Crippen LogP contribution < -0.4 is 0 Å². The van der Waals surface area contributed by atoms with Crippen LogP contribution in [0, 0.1) is 0 Å². The van der Waals surface area contributed by atoms with E-state index in [4.69, 9.17) is 18.5 Å². The van der Waals surface area contributed by atoms with Crippen LogP contribution in [-0.2, 0) is 32.7 Å². The van der Waals surface area contributed by atoms with Crippen molar-refractivity contribution < 1.29 is 47.8 Å². The summed E-state index contributed by atoms with van der Waals surface area (Å²) in [6, 6.07) is 0. The molecule has 0 radical (unpaired) electrons. The lowest BCUT2D eigenvalue weighted by Gasteiger charge is -2.20. The van der Waals surface area contributed by atoms with Crippen LogP contribution in [0.5, 0.6) is 0 Å². The number of hydrogen-bond acceptors (Lipinski definition) is 9. The molecule has 52 heavy (non-hydrogen) atoms. The molecule has 10 nitrogen and oxygen atoms in total. The maximum atomic E-state index is 12.3. The largest absolute Gasteiger partial charge is 0.472 e. The van der Waals surface area contributed by atoms with Crippen molar-refractivity contribution in [1.82, 2.24) is 0 Å². The minimum Gasteiger partial charge on any atom is -0.457 e. The summed E-state index contributed by atoms with van der Waals surface area (Å²) in [7, 11) is -4.66. The Balaban J connectivity index is 4.12. The molecular weight excluding hydrogens is 683 g/mol. The Kier molecular flexibility index (Phi) is 34.9. The Labute approximate surface area is 314 Å². The second kappa shape index (κ2) is 36.8. The first-order chi connectivity index (χ1) is 25.3. The predicted octanol–water partition coefficient (Wildman–Crippen LogP) is 9.72. The van der Waals surface area contributed by atoms with E-state index in [-0.39, 0.29) is 12.8 Å². The fraction of sp³-hybridized carbons (Fsp3) is 0.659. The first kappa shape index (κ1) is 49.4. The van der Waals surface area contributed by atoms with E-state index < -0.39 is 58.4 Å². The maximum Gasteiger partial charge on any atom is 0.472 e. The number of aliphatic hydroxyl groups is 2. The van der Waals surface area contributed by atoms with E-state index in [1.165, 1.54) is 32.1 Å². The molecule has 11 heteroatoms. The second-order valence-corrected chi connectivity index (χ2v) is 14.0. The van der Waals surface area contributed by atoms with Crippen LogP contribution >= 0.6 is 7.82 Å². The van der Waals surface area contributed by atoms with Crippen LogP contribution in [0.25, 0.3) is 0 Å². The SMILES string of the molecule is CC/C=C\C/C=C\C/C=C\C/C=C\C/C=C\CC(=O)OC(CO)COP(=O)(O)OCC(CO)OC(=O)CCCCCCC/C=C\CCCCCCC. The summed E-state index contributed by atoms with van der Waals surface area (Å²) in [4.78, 5) is 34.3. The minimum absolute atomic E-state index is 0.0438. The molecule has 3 N–H and O–H groups in total. The highest BCUT2D eigenvalue weighted by atomic mass is 31.2. The van der Waals surface area contributed by atoms with Crippen molar-refractivity contribution in [1.29, 1.82) is 0 Å². The number of carbonyl (C=O) groups excluding carboxylic acids is 2. The van der Waals surface area contributed by atoms with Crippen LogP contribution in [-0.4, -0.2) is 65.7 Å². The number of hydrogen-bond donors (Lipinski definition) is 3. The number of rotatable bonds is 35. The molecule has 3 unspecified atom stereocenters. The van der Waals surface area contributed by atoms with Gasteiger partial charge in [0.15, 0.2) is 0 Å². The third kappa shape index (κ3) is 34.5. The van der Waals surface area contributed by atoms with Crippen LogP contribution in [0.3, 0.4) is 0 Å². The number of phosphoric ester groups is 1. The van der Waals surface area contributed by atoms with Crippen molar-refractivity contribution in [3.63, 3.8) is 0 Å². The van der Waals surface area contributed by atoms with Gasteiger partial charge in [-0.25, -0.2) is 4.57 Å². The lowest BCUT2D eigenvalue weighted by atomic mass is 10.1. The molecule has 0 saturated carbocycles. The summed E-state index contributed by atoms with van der Waals surface area (Å²) >= 11 is 0. The number of phosphoric acid groups is 1. The molecule has 0 aliphatic rings. The first-order valence-electron chi connectivity index (χ1n) is 19.4. The van der Waals surface area contributed by atoms with Crippen LogP contribution in [0.1, 0.15) is 136 Å². The Morgan fingerprint density at radius 2 is 0.981 bits per heavy atom. The van der Waals surface area contributed by atoms with Crippen molar-refractivity contribution in [3.05, 3.63) is 72.9 Å².